The molecule has 1 amide bonds. The first-order valence-electron chi connectivity index (χ1n) is 23.6. The molecule has 53 heavy (non-hydrogen) atoms. The average molecular weight is 748 g/mol. The first-order valence-corrected chi connectivity index (χ1v) is 23.6. The van der Waals surface area contributed by atoms with Gasteiger partial charge in [-0.3, -0.25) is 4.79 Å². The Bertz CT molecular complexity index is 784. The lowest BCUT2D eigenvalue weighted by Gasteiger charge is -2.26. The summed E-state index contributed by atoms with van der Waals surface area (Å²) in [6.07, 6.45) is 53.0. The van der Waals surface area contributed by atoms with Gasteiger partial charge in [0.2, 0.25) is 5.91 Å². The predicted molar refractivity (Wildman–Crippen MR) is 231 cm³/mol. The molecule has 0 aliphatic heterocycles. The molecule has 0 saturated heterocycles. The Morgan fingerprint density at radius 2 is 0.774 bits per heavy atom. The summed E-state index contributed by atoms with van der Waals surface area (Å²) in [6.45, 7) is 4.18. The molecule has 5 nitrogen and oxygen atoms in total. The topological polar surface area (TPSA) is 89.8 Å². The maximum atomic E-state index is 12.4. The van der Waals surface area contributed by atoms with Crippen molar-refractivity contribution < 1.29 is 20.1 Å². The SMILES string of the molecule is CCCCCCCCCCCCCCC/C=C/CC/C=C/CCCC(O)C(O)C(CO)NC(=O)CCCCCCCCCCCCCCCCCCC. The number of amides is 1. The summed E-state index contributed by atoms with van der Waals surface area (Å²) >= 11 is 0. The van der Waals surface area contributed by atoms with Crippen LogP contribution >= 0.6 is 0 Å². The number of hydrogen-bond acceptors (Lipinski definition) is 4. The minimum absolute atomic E-state index is 0.155. The molecule has 0 aromatic carbocycles. The van der Waals surface area contributed by atoms with Gasteiger partial charge >= 0.3 is 0 Å². The van der Waals surface area contributed by atoms with Crippen LogP contribution in [0.4, 0.5) is 0 Å². The summed E-state index contributed by atoms with van der Waals surface area (Å²) in [5.41, 5.74) is 0. The van der Waals surface area contributed by atoms with Gasteiger partial charge in [-0.15, -0.1) is 0 Å². The normalized spacial score (nSPS) is 13.7. The Kier molecular flexibility index (Phi) is 42.6. The predicted octanol–water partition coefficient (Wildman–Crippen LogP) is 13.8. The van der Waals surface area contributed by atoms with E-state index in [0.29, 0.717) is 12.8 Å². The van der Waals surface area contributed by atoms with Gasteiger partial charge in [0.05, 0.1) is 18.8 Å². The Hall–Kier alpha value is -1.17. The Morgan fingerprint density at radius 1 is 0.453 bits per heavy atom. The van der Waals surface area contributed by atoms with E-state index in [1.165, 1.54) is 180 Å². The van der Waals surface area contributed by atoms with Gasteiger partial charge in [0.15, 0.2) is 0 Å². The molecule has 314 valence electrons. The highest BCUT2D eigenvalue weighted by Crippen LogP contribution is 2.16. The number of carbonyl (C=O) groups excluding carboxylic acids is 1. The molecule has 0 aromatic heterocycles. The highest BCUT2D eigenvalue weighted by atomic mass is 16.3. The van der Waals surface area contributed by atoms with Crippen LogP contribution < -0.4 is 5.32 Å². The standard InChI is InChI=1S/C48H93NO4/c1-3-5-7-9-11-13-15-17-19-21-22-23-24-25-27-28-30-32-34-36-38-40-42-46(51)48(53)45(44-50)49-47(52)43-41-39-37-35-33-31-29-26-20-18-16-14-12-10-8-6-4-2/h27-28,34,36,45-46,48,50-51,53H,3-26,29-33,35,37-44H2,1-2H3,(H,49,52)/b28-27+,36-34+. The molecular weight excluding hydrogens is 655 g/mol. The zero-order chi connectivity index (χ0) is 38.7. The molecule has 4 N–H and O–H groups in total. The van der Waals surface area contributed by atoms with Crippen LogP contribution in [0.5, 0.6) is 0 Å². The Morgan fingerprint density at radius 3 is 1.15 bits per heavy atom. The third kappa shape index (κ3) is 38.9. The molecule has 0 spiro atoms. The molecule has 0 bridgehead atoms. The quantitative estimate of drug-likeness (QED) is 0.0369. The van der Waals surface area contributed by atoms with Gasteiger partial charge in [-0.1, -0.05) is 218 Å². The minimum Gasteiger partial charge on any atom is -0.394 e. The van der Waals surface area contributed by atoms with Crippen molar-refractivity contribution >= 4 is 5.91 Å². The first-order chi connectivity index (χ1) is 26.1. The summed E-state index contributed by atoms with van der Waals surface area (Å²) < 4.78 is 0. The molecule has 0 rings (SSSR count). The van der Waals surface area contributed by atoms with E-state index in [1.54, 1.807) is 0 Å². The molecule has 3 unspecified atom stereocenters. The number of aliphatic hydroxyl groups excluding tert-OH is 3. The summed E-state index contributed by atoms with van der Waals surface area (Å²) in [6, 6.07) is -0.828. The van der Waals surface area contributed by atoms with Crippen molar-refractivity contribution in [1.29, 1.82) is 0 Å². The van der Waals surface area contributed by atoms with Crippen molar-refractivity contribution in [3.05, 3.63) is 24.3 Å². The molecule has 3 atom stereocenters. The third-order valence-electron chi connectivity index (χ3n) is 11.0. The van der Waals surface area contributed by atoms with E-state index in [-0.39, 0.29) is 12.5 Å². The van der Waals surface area contributed by atoms with Crippen LogP contribution in [0.25, 0.3) is 0 Å². The number of carbonyl (C=O) groups is 1. The molecule has 0 fully saturated rings. The van der Waals surface area contributed by atoms with Crippen LogP contribution in [-0.2, 0) is 4.79 Å². The van der Waals surface area contributed by atoms with E-state index in [2.05, 4.69) is 43.5 Å². The zero-order valence-electron chi connectivity index (χ0n) is 35.7. The maximum Gasteiger partial charge on any atom is 0.220 e. The summed E-state index contributed by atoms with van der Waals surface area (Å²) in [4.78, 5) is 12.4. The third-order valence-corrected chi connectivity index (χ3v) is 11.0. The number of aliphatic hydroxyl groups is 3. The van der Waals surface area contributed by atoms with Crippen LogP contribution in [0, 0.1) is 0 Å². The zero-order valence-corrected chi connectivity index (χ0v) is 35.7. The first kappa shape index (κ1) is 51.8. The van der Waals surface area contributed by atoms with E-state index in [4.69, 9.17) is 0 Å². The number of allylic oxidation sites excluding steroid dienone is 4. The lowest BCUT2D eigenvalue weighted by molar-refractivity contribution is -0.124. The minimum atomic E-state index is -1.16. The number of unbranched alkanes of at least 4 members (excludes halogenated alkanes) is 31. The molecule has 0 radical (unpaired) electrons. The van der Waals surface area contributed by atoms with E-state index in [1.807, 2.05) is 0 Å². The van der Waals surface area contributed by atoms with Crippen LogP contribution in [-0.4, -0.2) is 46.1 Å². The second-order valence-corrected chi connectivity index (χ2v) is 16.3. The summed E-state index contributed by atoms with van der Waals surface area (Å²) in [5.74, 6) is -0.155. The van der Waals surface area contributed by atoms with E-state index in [0.717, 1.165) is 44.9 Å². The lowest BCUT2D eigenvalue weighted by Crippen LogP contribution is -2.50. The van der Waals surface area contributed by atoms with Gasteiger partial charge < -0.3 is 20.6 Å². The highest BCUT2D eigenvalue weighted by molar-refractivity contribution is 5.76. The van der Waals surface area contributed by atoms with Gasteiger partial charge in [-0.05, 0) is 51.4 Å². The van der Waals surface area contributed by atoms with Crippen molar-refractivity contribution in [2.45, 2.75) is 270 Å². The summed E-state index contributed by atoms with van der Waals surface area (Å²) in [7, 11) is 0. The van der Waals surface area contributed by atoms with Gasteiger partial charge in [-0.25, -0.2) is 0 Å². The van der Waals surface area contributed by atoms with Crippen LogP contribution in [0.2, 0.25) is 0 Å². The molecule has 0 aliphatic carbocycles. The number of nitrogens with one attached hydrogen (secondary N) is 1. The fourth-order valence-corrected chi connectivity index (χ4v) is 7.36. The second kappa shape index (κ2) is 43.6. The number of hydrogen-bond donors (Lipinski definition) is 4. The fraction of sp³-hybridized carbons (Fsp3) is 0.896. The molecular formula is C48H93NO4. The monoisotopic (exact) mass is 748 g/mol. The molecule has 5 heteroatoms. The van der Waals surface area contributed by atoms with Crippen molar-refractivity contribution in [2.75, 3.05) is 6.61 Å². The molecule has 0 heterocycles. The highest BCUT2D eigenvalue weighted by Gasteiger charge is 2.26. The van der Waals surface area contributed by atoms with E-state index < -0.39 is 18.2 Å². The van der Waals surface area contributed by atoms with Gasteiger partial charge in [-0.2, -0.15) is 0 Å². The van der Waals surface area contributed by atoms with Crippen molar-refractivity contribution in [3.8, 4) is 0 Å². The van der Waals surface area contributed by atoms with Gasteiger partial charge in [0.1, 0.15) is 6.10 Å². The van der Waals surface area contributed by atoms with E-state index >= 15 is 0 Å². The molecule has 0 saturated carbocycles. The summed E-state index contributed by atoms with van der Waals surface area (Å²) in [5, 5.41) is 33.6. The Labute approximate surface area is 331 Å². The average Bonchev–Trinajstić information content (AvgIpc) is 3.16. The smallest absolute Gasteiger partial charge is 0.220 e. The maximum absolute atomic E-state index is 12.4. The molecule has 0 aliphatic rings. The van der Waals surface area contributed by atoms with E-state index in [9.17, 15) is 20.1 Å². The number of rotatable bonds is 43. The van der Waals surface area contributed by atoms with Crippen LogP contribution in [0.1, 0.15) is 251 Å². The van der Waals surface area contributed by atoms with Crippen LogP contribution in [0.15, 0.2) is 24.3 Å². The van der Waals surface area contributed by atoms with Crippen molar-refractivity contribution in [2.24, 2.45) is 0 Å². The van der Waals surface area contributed by atoms with Gasteiger partial charge in [0.25, 0.3) is 0 Å². The Balaban J connectivity index is 3.65. The fourth-order valence-electron chi connectivity index (χ4n) is 7.36. The van der Waals surface area contributed by atoms with Crippen molar-refractivity contribution in [1.82, 2.24) is 5.32 Å². The van der Waals surface area contributed by atoms with Gasteiger partial charge in [0, 0.05) is 6.42 Å². The second-order valence-electron chi connectivity index (χ2n) is 16.3. The van der Waals surface area contributed by atoms with Crippen molar-refractivity contribution in [3.63, 3.8) is 0 Å². The molecule has 0 aromatic rings. The van der Waals surface area contributed by atoms with Crippen LogP contribution in [0.3, 0.4) is 0 Å². The largest absolute Gasteiger partial charge is 0.394 e. The lowest BCUT2D eigenvalue weighted by atomic mass is 10.0.